The Morgan fingerprint density at radius 2 is 2.10 bits per heavy atom. The molecule has 1 N–H and O–H groups in total. The van der Waals surface area contributed by atoms with Crippen molar-refractivity contribution in [3.63, 3.8) is 0 Å². The Balaban J connectivity index is 1.75. The summed E-state index contributed by atoms with van der Waals surface area (Å²) in [4.78, 5) is 21.4. The molecule has 0 aliphatic carbocycles. The van der Waals surface area contributed by atoms with Crippen LogP contribution in [0.15, 0.2) is 24.3 Å². The zero-order chi connectivity index (χ0) is 15.4. The highest BCUT2D eigenvalue weighted by Crippen LogP contribution is 2.15. The van der Waals surface area contributed by atoms with Crippen LogP contribution in [-0.2, 0) is 22.5 Å². The number of thiol groups is 1. The normalized spacial score (nSPS) is 16.8. The number of nitro groups is 1. The Morgan fingerprint density at radius 1 is 1.48 bits per heavy atom. The monoisotopic (exact) mass is 331 g/mol. The number of amides is 1. The molecule has 0 saturated carbocycles. The minimum Gasteiger partial charge on any atom is -0.444 e. The molecular weight excluding hydrogens is 318 g/mol. The van der Waals surface area contributed by atoms with E-state index in [4.69, 9.17) is 4.74 Å². The molecule has 8 nitrogen and oxygen atoms in total. The van der Waals surface area contributed by atoms with E-state index in [1.165, 1.54) is 24.3 Å². The Hall–Kier alpha value is -1.65. The summed E-state index contributed by atoms with van der Waals surface area (Å²) >= 11 is 2.55. The van der Waals surface area contributed by atoms with E-state index in [0.29, 0.717) is 18.7 Å². The predicted molar refractivity (Wildman–Crippen MR) is 78.9 cm³/mol. The van der Waals surface area contributed by atoms with E-state index < -0.39 is 22.2 Å². The summed E-state index contributed by atoms with van der Waals surface area (Å²) < 4.78 is 20.3. The van der Waals surface area contributed by atoms with Gasteiger partial charge < -0.3 is 4.74 Å². The lowest BCUT2D eigenvalue weighted by Crippen LogP contribution is -2.52. The van der Waals surface area contributed by atoms with E-state index in [9.17, 15) is 19.1 Å². The van der Waals surface area contributed by atoms with Crippen molar-refractivity contribution in [2.24, 2.45) is 0 Å². The first-order valence-electron chi connectivity index (χ1n) is 5.97. The first kappa shape index (κ1) is 15.7. The van der Waals surface area contributed by atoms with Crippen molar-refractivity contribution < 1.29 is 18.7 Å². The molecule has 1 amide bonds. The molecule has 10 heteroatoms. The van der Waals surface area contributed by atoms with Crippen LogP contribution in [0.4, 0.5) is 10.5 Å². The lowest BCUT2D eigenvalue weighted by atomic mass is 10.2. The quantitative estimate of drug-likeness (QED) is 0.476. The van der Waals surface area contributed by atoms with Gasteiger partial charge in [0.2, 0.25) is 11.2 Å². The summed E-state index contributed by atoms with van der Waals surface area (Å²) in [6.07, 6.45) is -0.811. The molecule has 0 aromatic heterocycles. The highest BCUT2D eigenvalue weighted by molar-refractivity contribution is 7.82. The topological polar surface area (TPSA) is 102 Å². The molecule has 0 radical (unpaired) electrons. The number of hydrogen-bond acceptors (Lipinski definition) is 6. The van der Waals surface area contributed by atoms with E-state index in [1.807, 2.05) is 0 Å². The average molecular weight is 331 g/mol. The second kappa shape index (κ2) is 6.87. The van der Waals surface area contributed by atoms with Crippen LogP contribution in [0.5, 0.6) is 0 Å². The van der Waals surface area contributed by atoms with Gasteiger partial charge in [-0.15, -0.1) is 0 Å². The number of ether oxygens (including phenoxy) is 1. The molecule has 2 rings (SSSR count). The van der Waals surface area contributed by atoms with E-state index in [-0.39, 0.29) is 17.5 Å². The third-order valence-electron chi connectivity index (χ3n) is 2.75. The van der Waals surface area contributed by atoms with Gasteiger partial charge in [-0.3, -0.25) is 10.1 Å². The van der Waals surface area contributed by atoms with Crippen LogP contribution < -0.4 is 4.72 Å². The van der Waals surface area contributed by atoms with E-state index in [2.05, 4.69) is 17.4 Å². The predicted octanol–water partition coefficient (Wildman–Crippen LogP) is 1.01. The number of rotatable bonds is 5. The second-order valence-electron chi connectivity index (χ2n) is 4.35. The summed E-state index contributed by atoms with van der Waals surface area (Å²) in [6, 6.07) is 5.62. The summed E-state index contributed by atoms with van der Waals surface area (Å²) in [5.41, 5.74) is 0.560. The molecule has 1 atom stereocenters. The molecule has 0 bridgehead atoms. The number of nitrogens with one attached hydrogen (secondary N) is 1. The molecule has 1 heterocycles. The van der Waals surface area contributed by atoms with E-state index in [0.717, 1.165) is 0 Å². The van der Waals surface area contributed by atoms with Gasteiger partial charge in [0.15, 0.2) is 0 Å². The molecule has 1 aliphatic rings. The molecular formula is C11H13N3O5S2. The molecule has 1 unspecified atom stereocenters. The van der Waals surface area contributed by atoms with Gasteiger partial charge in [0.05, 0.1) is 4.92 Å². The SMILES string of the molecule is O=C(NS(=O)N1CC(S)C1)OCc1ccc([N+](=O)[O-])cc1. The maximum atomic E-state index is 11.6. The fraction of sp³-hybridized carbons (Fsp3) is 0.364. The van der Waals surface area contributed by atoms with Crippen molar-refractivity contribution in [1.82, 2.24) is 9.03 Å². The summed E-state index contributed by atoms with van der Waals surface area (Å²) in [5, 5.41) is 10.7. The van der Waals surface area contributed by atoms with Crippen LogP contribution >= 0.6 is 12.6 Å². The Kier molecular flexibility index (Phi) is 5.15. The van der Waals surface area contributed by atoms with Crippen LogP contribution in [-0.4, -0.2) is 37.9 Å². The van der Waals surface area contributed by atoms with Crippen LogP contribution in [0.25, 0.3) is 0 Å². The lowest BCUT2D eigenvalue weighted by Gasteiger charge is -2.33. The van der Waals surface area contributed by atoms with E-state index >= 15 is 0 Å². The summed E-state index contributed by atoms with van der Waals surface area (Å²) in [6.45, 7) is 1.02. The van der Waals surface area contributed by atoms with Crippen LogP contribution in [0.2, 0.25) is 0 Å². The Bertz CT molecular complexity index is 559. The molecule has 0 spiro atoms. The molecule has 1 fully saturated rings. The maximum Gasteiger partial charge on any atom is 0.420 e. The highest BCUT2D eigenvalue weighted by atomic mass is 32.2. The number of carbonyl (C=O) groups excluding carboxylic acids is 1. The van der Waals surface area contributed by atoms with Crippen LogP contribution in [0.3, 0.4) is 0 Å². The summed E-state index contributed by atoms with van der Waals surface area (Å²) in [7, 11) is 0. The van der Waals surface area contributed by atoms with Crippen LogP contribution in [0, 0.1) is 10.1 Å². The summed E-state index contributed by atoms with van der Waals surface area (Å²) in [5.74, 6) is 0. The Morgan fingerprint density at radius 3 is 2.62 bits per heavy atom. The van der Waals surface area contributed by atoms with Crippen LogP contribution in [0.1, 0.15) is 5.56 Å². The molecule has 21 heavy (non-hydrogen) atoms. The minimum absolute atomic E-state index is 0.0385. The van der Waals surface area contributed by atoms with Gasteiger partial charge in [0, 0.05) is 30.5 Å². The molecule has 1 aromatic carbocycles. The van der Waals surface area contributed by atoms with Gasteiger partial charge >= 0.3 is 6.09 Å². The molecule has 114 valence electrons. The maximum absolute atomic E-state index is 11.6. The Labute approximate surface area is 128 Å². The van der Waals surface area contributed by atoms with Crippen molar-refractivity contribution in [2.45, 2.75) is 11.9 Å². The first-order chi connectivity index (χ1) is 9.95. The minimum atomic E-state index is -1.63. The highest BCUT2D eigenvalue weighted by Gasteiger charge is 2.29. The smallest absolute Gasteiger partial charge is 0.420 e. The van der Waals surface area contributed by atoms with Crippen molar-refractivity contribution in [3.05, 3.63) is 39.9 Å². The number of carbonyl (C=O) groups is 1. The average Bonchev–Trinajstić information content (AvgIpc) is 2.42. The zero-order valence-corrected chi connectivity index (χ0v) is 12.5. The van der Waals surface area contributed by atoms with Gasteiger partial charge in [0.1, 0.15) is 6.61 Å². The zero-order valence-electron chi connectivity index (χ0n) is 10.8. The van der Waals surface area contributed by atoms with Gasteiger partial charge in [-0.25, -0.2) is 18.0 Å². The second-order valence-corrected chi connectivity index (χ2v) is 6.30. The van der Waals surface area contributed by atoms with Gasteiger partial charge in [-0.05, 0) is 17.7 Å². The van der Waals surface area contributed by atoms with Crippen molar-refractivity contribution in [3.8, 4) is 0 Å². The van der Waals surface area contributed by atoms with Crippen molar-refractivity contribution >= 4 is 35.6 Å². The largest absolute Gasteiger partial charge is 0.444 e. The number of non-ortho nitro benzene ring substituents is 1. The first-order valence-corrected chi connectivity index (χ1v) is 7.59. The van der Waals surface area contributed by atoms with Gasteiger partial charge in [0.25, 0.3) is 5.69 Å². The fourth-order valence-electron chi connectivity index (χ4n) is 1.58. The molecule has 1 aromatic rings. The van der Waals surface area contributed by atoms with Crippen molar-refractivity contribution in [1.29, 1.82) is 0 Å². The third kappa shape index (κ3) is 4.41. The van der Waals surface area contributed by atoms with E-state index in [1.54, 1.807) is 4.31 Å². The molecule has 1 aliphatic heterocycles. The third-order valence-corrected chi connectivity index (χ3v) is 4.19. The molecule has 1 saturated heterocycles. The van der Waals surface area contributed by atoms with Gasteiger partial charge in [-0.1, -0.05) is 0 Å². The number of nitro benzene ring substituents is 1. The lowest BCUT2D eigenvalue weighted by molar-refractivity contribution is -0.384. The van der Waals surface area contributed by atoms with Crippen molar-refractivity contribution in [2.75, 3.05) is 13.1 Å². The fourth-order valence-corrected chi connectivity index (χ4v) is 3.16. The number of nitrogens with zero attached hydrogens (tertiary/aromatic N) is 2. The van der Waals surface area contributed by atoms with Gasteiger partial charge in [-0.2, -0.15) is 12.6 Å². The number of benzene rings is 1. The number of hydrogen-bond donors (Lipinski definition) is 2. The standard InChI is InChI=1S/C11H13N3O5S2/c15-11(12-21(18)13-5-10(20)6-13)19-7-8-1-3-9(4-2-8)14(16)17/h1-4,10,20H,5-7H2,(H,12,15).